The average Bonchev–Trinajstić information content (AvgIpc) is 3.83. The molecule has 0 fully saturated rings. The molecule has 0 amide bonds. The van der Waals surface area contributed by atoms with E-state index in [1.807, 2.05) is 0 Å². The molecule has 1 heterocycles. The van der Waals surface area contributed by atoms with E-state index in [9.17, 15) is 0 Å². The molecule has 10 aromatic carbocycles. The lowest BCUT2D eigenvalue weighted by Crippen LogP contribution is -2.15. The largest absolute Gasteiger partial charge is 0.309 e. The Morgan fingerprint density at radius 3 is 1.68 bits per heavy atom. The fourth-order valence-corrected chi connectivity index (χ4v) is 10.6. The summed E-state index contributed by atoms with van der Waals surface area (Å²) < 4.78 is 2.42. The summed E-state index contributed by atoms with van der Waals surface area (Å²) >= 11 is 0. The topological polar surface area (TPSA) is 8.17 Å². The SMILES string of the molecule is CC1(C)c2ccccc2-c2ccc(-c3cccc(N(c4cccc(-c5ccccc5)c4-c4ccccc4-c4ccccc4)c4cccc5c4c4ccccc4n5-c4ccccc4)c3)cc21. The summed E-state index contributed by atoms with van der Waals surface area (Å²) in [6.45, 7) is 4.72. The maximum absolute atomic E-state index is 2.53. The van der Waals surface area contributed by atoms with E-state index in [0.717, 1.165) is 28.3 Å². The van der Waals surface area contributed by atoms with Crippen molar-refractivity contribution < 1.29 is 0 Å². The lowest BCUT2D eigenvalue weighted by molar-refractivity contribution is 0.660. The van der Waals surface area contributed by atoms with Gasteiger partial charge in [0.1, 0.15) is 0 Å². The summed E-state index contributed by atoms with van der Waals surface area (Å²) in [6.07, 6.45) is 0. The molecule has 1 aliphatic rings. The molecular weight excluding hydrogens is 785 g/mol. The van der Waals surface area contributed by atoms with E-state index in [0.29, 0.717) is 0 Å². The van der Waals surface area contributed by atoms with E-state index in [4.69, 9.17) is 0 Å². The molecule has 0 aliphatic heterocycles. The van der Waals surface area contributed by atoms with Crippen LogP contribution in [0.2, 0.25) is 0 Å². The number of nitrogens with zero attached hydrogens (tertiary/aromatic N) is 2. The van der Waals surface area contributed by atoms with Gasteiger partial charge < -0.3 is 9.47 Å². The lowest BCUT2D eigenvalue weighted by Gasteiger charge is -2.31. The Morgan fingerprint density at radius 1 is 0.354 bits per heavy atom. The average molecular weight is 831 g/mol. The van der Waals surface area contributed by atoms with Gasteiger partial charge in [-0.3, -0.25) is 0 Å². The molecule has 0 saturated carbocycles. The summed E-state index contributed by atoms with van der Waals surface area (Å²) in [5, 5.41) is 2.40. The quantitative estimate of drug-likeness (QED) is 0.148. The molecule has 1 aromatic heterocycles. The van der Waals surface area contributed by atoms with Crippen LogP contribution in [-0.4, -0.2) is 4.57 Å². The van der Waals surface area contributed by atoms with Crippen LogP contribution in [0.25, 0.3) is 83.1 Å². The van der Waals surface area contributed by atoms with E-state index in [-0.39, 0.29) is 5.41 Å². The smallest absolute Gasteiger partial charge is 0.0562 e. The highest BCUT2D eigenvalue weighted by molar-refractivity contribution is 6.17. The molecule has 0 spiro atoms. The molecule has 2 heteroatoms. The van der Waals surface area contributed by atoms with Crippen molar-refractivity contribution in [3.63, 3.8) is 0 Å². The number of fused-ring (bicyclic) bond motifs is 6. The first kappa shape index (κ1) is 38.5. The Kier molecular flexibility index (Phi) is 9.21. The van der Waals surface area contributed by atoms with Gasteiger partial charge in [0.2, 0.25) is 0 Å². The molecule has 12 rings (SSSR count). The summed E-state index contributed by atoms with van der Waals surface area (Å²) in [5.74, 6) is 0. The minimum Gasteiger partial charge on any atom is -0.309 e. The van der Waals surface area contributed by atoms with Crippen molar-refractivity contribution in [1.29, 1.82) is 0 Å². The zero-order valence-electron chi connectivity index (χ0n) is 36.5. The predicted octanol–water partition coefficient (Wildman–Crippen LogP) is 17.2. The van der Waals surface area contributed by atoms with E-state index in [1.165, 1.54) is 83.1 Å². The van der Waals surface area contributed by atoms with Crippen molar-refractivity contribution >= 4 is 38.9 Å². The normalized spacial score (nSPS) is 12.6. The molecule has 0 saturated heterocycles. The molecule has 0 N–H and O–H groups in total. The molecule has 2 nitrogen and oxygen atoms in total. The van der Waals surface area contributed by atoms with Crippen molar-refractivity contribution in [2.45, 2.75) is 19.3 Å². The van der Waals surface area contributed by atoms with Gasteiger partial charge in [-0.15, -0.1) is 0 Å². The Balaban J connectivity index is 1.16. The van der Waals surface area contributed by atoms with E-state index >= 15 is 0 Å². The van der Waals surface area contributed by atoms with Crippen molar-refractivity contribution in [1.82, 2.24) is 4.57 Å². The molecule has 308 valence electrons. The fourth-order valence-electron chi connectivity index (χ4n) is 10.6. The van der Waals surface area contributed by atoms with Crippen molar-refractivity contribution in [2.24, 2.45) is 0 Å². The molecule has 0 bridgehead atoms. The number of anilines is 3. The zero-order valence-corrected chi connectivity index (χ0v) is 36.5. The Labute approximate surface area is 381 Å². The highest BCUT2D eigenvalue weighted by Gasteiger charge is 2.35. The Hall–Kier alpha value is -8.20. The zero-order chi connectivity index (χ0) is 43.5. The van der Waals surface area contributed by atoms with Crippen molar-refractivity contribution in [3.05, 3.63) is 254 Å². The van der Waals surface area contributed by atoms with Crippen LogP contribution in [0.15, 0.2) is 243 Å². The number of hydrogen-bond donors (Lipinski definition) is 0. The van der Waals surface area contributed by atoms with Gasteiger partial charge in [0, 0.05) is 33.1 Å². The third-order valence-corrected chi connectivity index (χ3v) is 13.6. The van der Waals surface area contributed by atoms with Crippen LogP contribution in [0.3, 0.4) is 0 Å². The molecular formula is C63H46N2. The first-order valence-electron chi connectivity index (χ1n) is 22.6. The Morgan fingerprint density at radius 2 is 0.892 bits per heavy atom. The minimum absolute atomic E-state index is 0.104. The van der Waals surface area contributed by atoms with Crippen LogP contribution in [0.5, 0.6) is 0 Å². The lowest BCUT2D eigenvalue weighted by atomic mass is 9.81. The first-order chi connectivity index (χ1) is 32.0. The second kappa shape index (κ2) is 15.6. The number of aromatic nitrogens is 1. The maximum Gasteiger partial charge on any atom is 0.0562 e. The fraction of sp³-hybridized carbons (Fsp3) is 0.0476. The number of para-hydroxylation sites is 2. The van der Waals surface area contributed by atoms with Crippen LogP contribution >= 0.6 is 0 Å². The molecule has 11 aromatic rings. The van der Waals surface area contributed by atoms with Crippen LogP contribution in [0.4, 0.5) is 17.1 Å². The summed E-state index contributed by atoms with van der Waals surface area (Å²) in [4.78, 5) is 2.53. The third kappa shape index (κ3) is 6.32. The minimum atomic E-state index is -0.104. The van der Waals surface area contributed by atoms with Gasteiger partial charge in [-0.05, 0) is 116 Å². The predicted molar refractivity (Wildman–Crippen MR) is 275 cm³/mol. The van der Waals surface area contributed by atoms with Gasteiger partial charge >= 0.3 is 0 Å². The van der Waals surface area contributed by atoms with E-state index in [2.05, 4.69) is 266 Å². The van der Waals surface area contributed by atoms with Crippen LogP contribution in [-0.2, 0) is 5.41 Å². The van der Waals surface area contributed by atoms with Crippen LogP contribution in [0.1, 0.15) is 25.0 Å². The van der Waals surface area contributed by atoms with E-state index < -0.39 is 0 Å². The van der Waals surface area contributed by atoms with Crippen molar-refractivity contribution in [3.8, 4) is 61.3 Å². The molecule has 0 unspecified atom stereocenters. The molecule has 0 atom stereocenters. The third-order valence-electron chi connectivity index (χ3n) is 13.6. The summed E-state index contributed by atoms with van der Waals surface area (Å²) in [6, 6.07) is 89.0. The van der Waals surface area contributed by atoms with Crippen molar-refractivity contribution in [2.75, 3.05) is 4.90 Å². The molecule has 1 aliphatic carbocycles. The van der Waals surface area contributed by atoms with Gasteiger partial charge in [0.15, 0.2) is 0 Å². The second-order valence-electron chi connectivity index (χ2n) is 17.7. The number of rotatable bonds is 8. The van der Waals surface area contributed by atoms with Gasteiger partial charge in [-0.2, -0.15) is 0 Å². The summed E-state index contributed by atoms with van der Waals surface area (Å²) in [5.41, 5.74) is 21.5. The van der Waals surface area contributed by atoms with E-state index in [1.54, 1.807) is 0 Å². The van der Waals surface area contributed by atoms with Gasteiger partial charge in [-0.25, -0.2) is 0 Å². The monoisotopic (exact) mass is 830 g/mol. The van der Waals surface area contributed by atoms with Gasteiger partial charge in [0.05, 0.1) is 22.4 Å². The molecule has 65 heavy (non-hydrogen) atoms. The standard InChI is InChI=1S/C63H46N2/c1-63(2)55-34-16-14-30-51(55)52-40-39-46(42-56(52)63)45-25-18-28-48(41-45)65(60-38-20-37-59-62(60)54-32-15-17-35-57(54)64(59)47-26-10-5-11-27-47)58-36-19-33-50(44-23-8-4-9-24-44)61(58)53-31-13-12-29-49(53)43-21-6-3-7-22-43/h3-42H,1-2H3. The highest BCUT2D eigenvalue weighted by atomic mass is 15.2. The van der Waals surface area contributed by atoms with Crippen LogP contribution in [0, 0.1) is 0 Å². The number of hydrogen-bond acceptors (Lipinski definition) is 1. The summed E-state index contributed by atoms with van der Waals surface area (Å²) in [7, 11) is 0. The number of benzene rings is 10. The van der Waals surface area contributed by atoms with Crippen LogP contribution < -0.4 is 4.90 Å². The van der Waals surface area contributed by atoms with Gasteiger partial charge in [-0.1, -0.05) is 202 Å². The molecule has 0 radical (unpaired) electrons. The van der Waals surface area contributed by atoms with Gasteiger partial charge in [0.25, 0.3) is 0 Å². The Bertz CT molecular complexity index is 3560. The second-order valence-corrected chi connectivity index (χ2v) is 17.7. The first-order valence-corrected chi connectivity index (χ1v) is 22.6. The highest BCUT2D eigenvalue weighted by Crippen LogP contribution is 2.52. The maximum atomic E-state index is 2.53.